The Morgan fingerprint density at radius 3 is 2.50 bits per heavy atom. The Morgan fingerprint density at radius 1 is 1.58 bits per heavy atom. The minimum absolute atomic E-state index is 0.0110. The highest BCUT2D eigenvalue weighted by atomic mass is 35.5. The largest absolute Gasteiger partial charge is 0.432 e. The number of rotatable bonds is 1. The summed E-state index contributed by atoms with van der Waals surface area (Å²) in [5.41, 5.74) is 0. The van der Waals surface area contributed by atoms with E-state index < -0.39 is 12.2 Å². The monoisotopic (exact) mass is 209 g/mol. The molecule has 0 radical (unpaired) electrons. The van der Waals surface area contributed by atoms with Crippen LogP contribution in [0, 0.1) is 0 Å². The van der Waals surface area contributed by atoms with Crippen LogP contribution in [0.4, 0.5) is 0 Å². The molecule has 1 N–H and O–H groups in total. The molecule has 1 aliphatic heterocycles. The Morgan fingerprint density at radius 2 is 2.17 bits per heavy atom. The Labute approximate surface area is 78.5 Å². The molecule has 0 aromatic rings. The van der Waals surface area contributed by atoms with Gasteiger partial charge in [0.2, 0.25) is 12.1 Å². The Hall–Kier alpha value is -0.740. The van der Waals surface area contributed by atoms with Crippen LogP contribution in [0.3, 0.4) is 0 Å². The third-order valence-electron chi connectivity index (χ3n) is 1.18. The van der Waals surface area contributed by atoms with E-state index in [0.717, 1.165) is 0 Å². The maximum atomic E-state index is 10.7. The first-order chi connectivity index (χ1) is 5.52. The number of cyclic esters (lactones) is 1. The van der Waals surface area contributed by atoms with Gasteiger partial charge in [-0.3, -0.25) is 4.79 Å². The van der Waals surface area contributed by atoms with E-state index in [1.807, 2.05) is 0 Å². The number of carbonyl (C=O) groups is 2. The summed E-state index contributed by atoms with van der Waals surface area (Å²) in [6.45, 7) is 1.28. The second-order valence-electron chi connectivity index (χ2n) is 2.15. The molecule has 0 spiro atoms. The molecule has 0 aromatic carbocycles. The predicted molar refractivity (Wildman–Crippen MR) is 42.4 cm³/mol. The number of amides is 1. The van der Waals surface area contributed by atoms with E-state index >= 15 is 0 Å². The SMILES string of the molecule is CC(=O)N[C@H]1OC(=O)C(Cl)=C1Cl. The molecular weight excluding hydrogens is 205 g/mol. The van der Waals surface area contributed by atoms with Crippen LogP contribution in [-0.2, 0) is 14.3 Å². The third kappa shape index (κ3) is 1.70. The van der Waals surface area contributed by atoms with Crippen molar-refractivity contribution in [1.82, 2.24) is 5.32 Å². The average molecular weight is 210 g/mol. The molecule has 1 atom stereocenters. The number of hydrogen-bond acceptors (Lipinski definition) is 3. The van der Waals surface area contributed by atoms with E-state index in [1.165, 1.54) is 6.92 Å². The van der Waals surface area contributed by atoms with Gasteiger partial charge in [-0.1, -0.05) is 23.2 Å². The molecular formula is C6H5Cl2NO3. The summed E-state index contributed by atoms with van der Waals surface area (Å²) in [7, 11) is 0. The van der Waals surface area contributed by atoms with Crippen LogP contribution in [0.2, 0.25) is 0 Å². The Bertz CT molecular complexity index is 274. The number of carbonyl (C=O) groups excluding carboxylic acids is 2. The van der Waals surface area contributed by atoms with E-state index in [0.29, 0.717) is 0 Å². The van der Waals surface area contributed by atoms with Crippen molar-refractivity contribution in [3.63, 3.8) is 0 Å². The highest BCUT2D eigenvalue weighted by Crippen LogP contribution is 2.26. The maximum Gasteiger partial charge on any atom is 0.353 e. The standard InChI is InChI=1S/C6H5Cl2NO3/c1-2(10)9-5-3(7)4(8)6(11)12-5/h5H,1H3,(H,9,10)/t5-/m0/s1. The van der Waals surface area contributed by atoms with Crippen molar-refractivity contribution < 1.29 is 14.3 Å². The minimum atomic E-state index is -0.927. The van der Waals surface area contributed by atoms with Crippen molar-refractivity contribution in [2.45, 2.75) is 13.2 Å². The molecule has 1 rings (SSSR count). The second kappa shape index (κ2) is 3.33. The van der Waals surface area contributed by atoms with Crippen molar-refractivity contribution in [3.05, 3.63) is 10.1 Å². The van der Waals surface area contributed by atoms with E-state index in [1.54, 1.807) is 0 Å². The van der Waals surface area contributed by atoms with Crippen molar-refractivity contribution in [2.24, 2.45) is 0 Å². The van der Waals surface area contributed by atoms with Gasteiger partial charge in [0, 0.05) is 6.92 Å². The predicted octanol–water partition coefficient (Wildman–Crippen LogP) is 0.695. The zero-order valence-corrected chi connectivity index (χ0v) is 7.57. The molecule has 1 heterocycles. The molecule has 0 aliphatic carbocycles. The normalized spacial score (nSPS) is 22.6. The summed E-state index contributed by atoms with van der Waals surface area (Å²) < 4.78 is 4.59. The maximum absolute atomic E-state index is 10.7. The molecule has 0 aromatic heterocycles. The van der Waals surface area contributed by atoms with Crippen LogP contribution >= 0.6 is 23.2 Å². The summed E-state index contributed by atoms with van der Waals surface area (Å²) >= 11 is 11.0. The summed E-state index contributed by atoms with van der Waals surface area (Å²) in [6.07, 6.45) is -0.927. The van der Waals surface area contributed by atoms with Gasteiger partial charge in [0.1, 0.15) is 10.1 Å². The molecule has 1 aliphatic rings. The summed E-state index contributed by atoms with van der Waals surface area (Å²) in [4.78, 5) is 21.3. The molecule has 0 saturated heterocycles. The van der Waals surface area contributed by atoms with E-state index in [9.17, 15) is 9.59 Å². The van der Waals surface area contributed by atoms with Crippen molar-refractivity contribution in [3.8, 4) is 0 Å². The topological polar surface area (TPSA) is 55.4 Å². The first-order valence-electron chi connectivity index (χ1n) is 3.05. The van der Waals surface area contributed by atoms with Crippen LogP contribution in [0.25, 0.3) is 0 Å². The van der Waals surface area contributed by atoms with Crippen LogP contribution in [0.1, 0.15) is 6.92 Å². The molecule has 0 unspecified atom stereocenters. The number of hydrogen-bond donors (Lipinski definition) is 1. The van der Waals surface area contributed by atoms with Crippen molar-refractivity contribution in [1.29, 1.82) is 0 Å². The third-order valence-corrected chi connectivity index (χ3v) is 2.02. The highest BCUT2D eigenvalue weighted by molar-refractivity contribution is 6.48. The van der Waals surface area contributed by atoms with Crippen LogP contribution in [0.15, 0.2) is 10.1 Å². The van der Waals surface area contributed by atoms with Crippen LogP contribution < -0.4 is 5.32 Å². The molecule has 12 heavy (non-hydrogen) atoms. The number of nitrogens with one attached hydrogen (secondary N) is 1. The van der Waals surface area contributed by atoms with Crippen molar-refractivity contribution in [2.75, 3.05) is 0 Å². The van der Waals surface area contributed by atoms with E-state index in [2.05, 4.69) is 10.1 Å². The van der Waals surface area contributed by atoms with Gasteiger partial charge in [-0.05, 0) is 0 Å². The zero-order chi connectivity index (χ0) is 9.30. The number of esters is 1. The fourth-order valence-electron chi connectivity index (χ4n) is 0.701. The van der Waals surface area contributed by atoms with Gasteiger partial charge < -0.3 is 10.1 Å². The molecule has 0 fully saturated rings. The fraction of sp³-hybridized carbons (Fsp3) is 0.333. The highest BCUT2D eigenvalue weighted by Gasteiger charge is 2.32. The smallest absolute Gasteiger partial charge is 0.353 e. The van der Waals surface area contributed by atoms with Gasteiger partial charge >= 0.3 is 5.97 Å². The average Bonchev–Trinajstić information content (AvgIpc) is 2.17. The summed E-state index contributed by atoms with van der Waals surface area (Å²) in [5, 5.41) is 2.12. The van der Waals surface area contributed by atoms with Crippen LogP contribution in [-0.4, -0.2) is 18.1 Å². The lowest BCUT2D eigenvalue weighted by atomic mass is 10.5. The first kappa shape index (κ1) is 9.35. The van der Waals surface area contributed by atoms with Crippen molar-refractivity contribution >= 4 is 35.1 Å². The molecule has 1 amide bonds. The molecule has 0 bridgehead atoms. The minimum Gasteiger partial charge on any atom is -0.432 e. The fourth-order valence-corrected chi connectivity index (χ4v) is 1.02. The summed E-state index contributed by atoms with van der Waals surface area (Å²) in [5.74, 6) is -1.07. The van der Waals surface area contributed by atoms with E-state index in [-0.39, 0.29) is 16.0 Å². The number of ether oxygens (including phenoxy) is 1. The molecule has 6 heteroatoms. The Kier molecular flexibility index (Phi) is 2.59. The lowest BCUT2D eigenvalue weighted by Gasteiger charge is -2.09. The second-order valence-corrected chi connectivity index (χ2v) is 2.93. The lowest BCUT2D eigenvalue weighted by Crippen LogP contribution is -2.33. The van der Waals surface area contributed by atoms with Gasteiger partial charge in [-0.25, -0.2) is 4.79 Å². The van der Waals surface area contributed by atoms with Gasteiger partial charge in [0.25, 0.3) is 0 Å². The Balaban J connectivity index is 2.73. The van der Waals surface area contributed by atoms with Crippen LogP contribution in [0.5, 0.6) is 0 Å². The summed E-state index contributed by atoms with van der Waals surface area (Å²) in [6, 6.07) is 0. The van der Waals surface area contributed by atoms with E-state index in [4.69, 9.17) is 23.2 Å². The lowest BCUT2D eigenvalue weighted by molar-refractivity contribution is -0.141. The van der Waals surface area contributed by atoms with Gasteiger partial charge in [0.05, 0.1) is 0 Å². The number of halogens is 2. The quantitative estimate of drug-likeness (QED) is 0.648. The molecule has 66 valence electrons. The molecule has 0 saturated carbocycles. The first-order valence-corrected chi connectivity index (χ1v) is 3.81. The van der Waals surface area contributed by atoms with Gasteiger partial charge in [-0.15, -0.1) is 0 Å². The zero-order valence-electron chi connectivity index (χ0n) is 6.06. The van der Waals surface area contributed by atoms with Gasteiger partial charge in [-0.2, -0.15) is 0 Å². The molecule has 4 nitrogen and oxygen atoms in total. The van der Waals surface area contributed by atoms with Gasteiger partial charge in [0.15, 0.2) is 0 Å².